The Kier molecular flexibility index (Phi) is 8.89. The van der Waals surface area contributed by atoms with Crippen LogP contribution in [-0.4, -0.2) is 37.9 Å². The molecule has 38 heavy (non-hydrogen) atoms. The highest BCUT2D eigenvalue weighted by molar-refractivity contribution is 6.34. The number of hydrogen-bond donors (Lipinski definition) is 2. The number of rotatable bonds is 9. The van der Waals surface area contributed by atoms with E-state index in [9.17, 15) is 9.59 Å². The molecule has 0 saturated carbocycles. The van der Waals surface area contributed by atoms with Crippen LogP contribution in [0, 0.1) is 0 Å². The Balaban J connectivity index is 1.56. The van der Waals surface area contributed by atoms with Gasteiger partial charge < -0.3 is 19.7 Å². The van der Waals surface area contributed by atoms with E-state index >= 15 is 0 Å². The van der Waals surface area contributed by atoms with Crippen LogP contribution >= 0.6 is 23.2 Å². The fourth-order valence-corrected chi connectivity index (χ4v) is 4.21. The van der Waals surface area contributed by atoms with Crippen molar-refractivity contribution in [1.82, 2.24) is 10.7 Å². The predicted octanol–water partition coefficient (Wildman–Crippen LogP) is 5.49. The first kappa shape index (κ1) is 27.0. The molecule has 1 aliphatic rings. The number of nitrogens with zero attached hydrogens (tertiary/aromatic N) is 2. The molecule has 0 fully saturated rings. The Labute approximate surface area is 230 Å². The maximum Gasteiger partial charge on any atom is 0.287 e. The van der Waals surface area contributed by atoms with Crippen LogP contribution in [0.25, 0.3) is 6.08 Å². The Morgan fingerprint density at radius 1 is 0.974 bits per heavy atom. The second-order valence-corrected chi connectivity index (χ2v) is 9.00. The third-order valence-corrected chi connectivity index (χ3v) is 6.46. The maximum absolute atomic E-state index is 13.1. The van der Waals surface area contributed by atoms with Gasteiger partial charge in [-0.05, 0) is 55.8 Å². The number of nitrogens with one attached hydrogen (secondary N) is 2. The van der Waals surface area contributed by atoms with Gasteiger partial charge in [-0.2, -0.15) is 5.10 Å². The van der Waals surface area contributed by atoms with E-state index in [4.69, 9.17) is 32.7 Å². The standard InChI is InChI=1S/C28H26Cl2N4O4/c1-3-34(4-2)20-11-9-18(10-12-20)13-24(32-27(35)21-7-5-6-8-22(21)29)28(36)33-31-16-19-14-25-26(15-23(19)30)38-17-37-25/h5-16H,3-4,17H2,1-2H3,(H,32,35)(H,33,36)/b24-13+,31-16-. The molecule has 4 rings (SSSR count). The Morgan fingerprint density at radius 2 is 1.66 bits per heavy atom. The molecule has 8 nitrogen and oxygen atoms in total. The van der Waals surface area contributed by atoms with Gasteiger partial charge in [0.2, 0.25) is 6.79 Å². The topological polar surface area (TPSA) is 92.3 Å². The zero-order chi connectivity index (χ0) is 27.1. The summed E-state index contributed by atoms with van der Waals surface area (Å²) in [5.74, 6) is -0.0930. The Morgan fingerprint density at radius 3 is 2.34 bits per heavy atom. The maximum atomic E-state index is 13.1. The van der Waals surface area contributed by atoms with E-state index in [2.05, 4.69) is 34.6 Å². The van der Waals surface area contributed by atoms with Gasteiger partial charge in [-0.25, -0.2) is 5.43 Å². The number of ether oxygens (including phenoxy) is 2. The van der Waals surface area contributed by atoms with Gasteiger partial charge in [-0.1, -0.05) is 47.5 Å². The lowest BCUT2D eigenvalue weighted by Crippen LogP contribution is -2.33. The molecule has 0 spiro atoms. The van der Waals surface area contributed by atoms with Gasteiger partial charge in [0.1, 0.15) is 5.70 Å². The highest BCUT2D eigenvalue weighted by atomic mass is 35.5. The SMILES string of the molecule is CCN(CC)c1ccc(/C=C(/NC(=O)c2ccccc2Cl)C(=O)N/N=C\c2cc3c(cc2Cl)OCO3)cc1. The van der Waals surface area contributed by atoms with Crippen LogP contribution in [0.4, 0.5) is 5.69 Å². The van der Waals surface area contributed by atoms with Gasteiger partial charge in [-0.15, -0.1) is 0 Å². The van der Waals surface area contributed by atoms with Crippen LogP contribution in [0.2, 0.25) is 10.0 Å². The van der Waals surface area contributed by atoms with Crippen molar-refractivity contribution in [3.63, 3.8) is 0 Å². The predicted molar refractivity (Wildman–Crippen MR) is 150 cm³/mol. The van der Waals surface area contributed by atoms with E-state index in [0.29, 0.717) is 27.6 Å². The summed E-state index contributed by atoms with van der Waals surface area (Å²) >= 11 is 12.5. The van der Waals surface area contributed by atoms with Crippen LogP contribution in [0.5, 0.6) is 11.5 Å². The van der Waals surface area contributed by atoms with E-state index in [1.807, 2.05) is 24.3 Å². The fraction of sp³-hybridized carbons (Fsp3) is 0.179. The molecular formula is C28H26Cl2N4O4. The molecule has 10 heteroatoms. The van der Waals surface area contributed by atoms with E-state index in [0.717, 1.165) is 18.8 Å². The lowest BCUT2D eigenvalue weighted by Gasteiger charge is -2.21. The van der Waals surface area contributed by atoms with E-state index in [1.165, 1.54) is 6.21 Å². The average molecular weight is 553 g/mol. The summed E-state index contributed by atoms with van der Waals surface area (Å²) < 4.78 is 10.7. The largest absolute Gasteiger partial charge is 0.454 e. The Hall–Kier alpha value is -4.01. The smallest absolute Gasteiger partial charge is 0.287 e. The van der Waals surface area contributed by atoms with Crippen molar-refractivity contribution in [2.75, 3.05) is 24.8 Å². The summed E-state index contributed by atoms with van der Waals surface area (Å²) in [6, 6.07) is 17.5. The molecule has 0 aliphatic carbocycles. The second kappa shape index (κ2) is 12.5. The minimum Gasteiger partial charge on any atom is -0.454 e. The highest BCUT2D eigenvalue weighted by Crippen LogP contribution is 2.36. The molecule has 3 aromatic carbocycles. The molecule has 3 aromatic rings. The second-order valence-electron chi connectivity index (χ2n) is 8.18. The molecule has 0 unspecified atom stereocenters. The van der Waals surface area contributed by atoms with Gasteiger partial charge in [0.05, 0.1) is 21.8 Å². The van der Waals surface area contributed by atoms with Crippen molar-refractivity contribution in [3.05, 3.63) is 93.1 Å². The minimum atomic E-state index is -0.633. The van der Waals surface area contributed by atoms with Crippen molar-refractivity contribution in [2.45, 2.75) is 13.8 Å². The highest BCUT2D eigenvalue weighted by Gasteiger charge is 2.18. The number of carbonyl (C=O) groups is 2. The first-order valence-corrected chi connectivity index (χ1v) is 12.7. The molecule has 0 atom stereocenters. The molecule has 0 bridgehead atoms. The van der Waals surface area contributed by atoms with E-state index in [1.54, 1.807) is 42.5 Å². The summed E-state index contributed by atoms with van der Waals surface area (Å²) in [6.45, 7) is 6.03. The number of carbonyl (C=O) groups excluding carboxylic acids is 2. The van der Waals surface area contributed by atoms with Crippen LogP contribution in [0.15, 0.2) is 71.5 Å². The zero-order valence-corrected chi connectivity index (χ0v) is 22.3. The van der Waals surface area contributed by atoms with Gasteiger partial charge in [0.25, 0.3) is 11.8 Å². The number of halogens is 2. The quantitative estimate of drug-likeness (QED) is 0.208. The Bertz CT molecular complexity index is 1390. The molecule has 0 aromatic heterocycles. The van der Waals surface area contributed by atoms with Gasteiger partial charge in [0.15, 0.2) is 11.5 Å². The van der Waals surface area contributed by atoms with Crippen molar-refractivity contribution in [1.29, 1.82) is 0 Å². The molecular weight excluding hydrogens is 527 g/mol. The molecule has 1 heterocycles. The first-order chi connectivity index (χ1) is 18.4. The van der Waals surface area contributed by atoms with Gasteiger partial charge in [-0.3, -0.25) is 9.59 Å². The third-order valence-electron chi connectivity index (χ3n) is 5.81. The number of hydrazone groups is 1. The van der Waals surface area contributed by atoms with Crippen molar-refractivity contribution in [2.24, 2.45) is 5.10 Å². The number of amides is 2. The minimum absolute atomic E-state index is 0.0144. The normalized spacial score (nSPS) is 12.5. The van der Waals surface area contributed by atoms with Crippen LogP contribution < -0.4 is 25.1 Å². The van der Waals surface area contributed by atoms with Crippen LogP contribution in [-0.2, 0) is 4.79 Å². The van der Waals surface area contributed by atoms with Gasteiger partial charge >= 0.3 is 0 Å². The average Bonchev–Trinajstić information content (AvgIpc) is 3.37. The monoisotopic (exact) mass is 552 g/mol. The third kappa shape index (κ3) is 6.45. The molecule has 1 aliphatic heterocycles. The zero-order valence-electron chi connectivity index (χ0n) is 20.8. The molecule has 2 N–H and O–H groups in total. The van der Waals surface area contributed by atoms with E-state index in [-0.39, 0.29) is 23.1 Å². The summed E-state index contributed by atoms with van der Waals surface area (Å²) in [6.07, 6.45) is 2.95. The van der Waals surface area contributed by atoms with Gasteiger partial charge in [0, 0.05) is 30.4 Å². The number of fused-ring (bicyclic) bond motifs is 1. The van der Waals surface area contributed by atoms with Crippen molar-refractivity contribution in [3.8, 4) is 11.5 Å². The number of benzene rings is 3. The number of anilines is 1. The van der Waals surface area contributed by atoms with Crippen LogP contribution in [0.3, 0.4) is 0 Å². The summed E-state index contributed by atoms with van der Waals surface area (Å²) in [7, 11) is 0. The lowest BCUT2D eigenvalue weighted by molar-refractivity contribution is -0.117. The first-order valence-electron chi connectivity index (χ1n) is 11.9. The fourth-order valence-electron chi connectivity index (χ4n) is 3.78. The van der Waals surface area contributed by atoms with Crippen molar-refractivity contribution >= 4 is 53.0 Å². The lowest BCUT2D eigenvalue weighted by atomic mass is 10.1. The van der Waals surface area contributed by atoms with E-state index < -0.39 is 11.8 Å². The van der Waals surface area contributed by atoms with Crippen LogP contribution in [0.1, 0.15) is 35.3 Å². The molecule has 2 amide bonds. The number of hydrogen-bond acceptors (Lipinski definition) is 6. The summed E-state index contributed by atoms with van der Waals surface area (Å²) in [5.41, 5.74) is 4.96. The van der Waals surface area contributed by atoms with Crippen molar-refractivity contribution < 1.29 is 19.1 Å². The molecule has 196 valence electrons. The molecule has 0 saturated heterocycles. The molecule has 0 radical (unpaired) electrons. The summed E-state index contributed by atoms with van der Waals surface area (Å²) in [5, 5.41) is 7.32. The summed E-state index contributed by atoms with van der Waals surface area (Å²) in [4.78, 5) is 28.2.